The molecule has 0 saturated carbocycles. The molecule has 0 radical (unpaired) electrons. The van der Waals surface area contributed by atoms with E-state index in [0.717, 1.165) is 12.8 Å². The molecule has 0 aromatic heterocycles. The zero-order valence-corrected chi connectivity index (χ0v) is 17.3. The number of likely N-dealkylation sites (tertiary alicyclic amines) is 1. The minimum Gasteiger partial charge on any atom is -0.338 e. The van der Waals surface area contributed by atoms with Gasteiger partial charge in [0.2, 0.25) is 10.0 Å². The second kappa shape index (κ2) is 7.53. The lowest BCUT2D eigenvalue weighted by atomic mass is 9.90. The number of benzene rings is 1. The van der Waals surface area contributed by atoms with Crippen LogP contribution in [0.3, 0.4) is 0 Å². The van der Waals surface area contributed by atoms with Gasteiger partial charge in [-0.1, -0.05) is 26.8 Å². The van der Waals surface area contributed by atoms with E-state index in [1.165, 1.54) is 6.07 Å². The van der Waals surface area contributed by atoms with E-state index in [9.17, 15) is 13.2 Å². The second-order valence-corrected chi connectivity index (χ2v) is 10.7. The molecule has 150 valence electrons. The number of nitrogens with zero attached hydrogens (tertiary/aromatic N) is 2. The molecule has 3 atom stereocenters. The smallest absolute Gasteiger partial charge is 0.253 e. The fourth-order valence-electron chi connectivity index (χ4n) is 4.29. The third-order valence-electron chi connectivity index (χ3n) is 5.89. The summed E-state index contributed by atoms with van der Waals surface area (Å²) in [7, 11) is -3.59. The molecule has 1 aromatic rings. The molecule has 27 heavy (non-hydrogen) atoms. The van der Waals surface area contributed by atoms with Crippen LogP contribution < -0.4 is 5.73 Å². The number of nitrogens with two attached hydrogens (primary N) is 1. The first kappa shape index (κ1) is 20.3. The number of hydrogen-bond acceptors (Lipinski definition) is 4. The van der Waals surface area contributed by atoms with Crippen molar-refractivity contribution in [3.63, 3.8) is 0 Å². The fourth-order valence-corrected chi connectivity index (χ4v) is 6.01. The standard InChI is InChI=1S/C20H31N3O3S/c1-15-9-16(2)12-23(11-15)27(25,26)18-6-4-5-17(10-18)19(24)22-8-7-20(3,13-21)14-22/h4-6,10,15-16H,7-9,11-14,21H2,1-3H3. The molecule has 2 saturated heterocycles. The topological polar surface area (TPSA) is 83.7 Å². The highest BCUT2D eigenvalue weighted by Crippen LogP contribution is 2.30. The Balaban J connectivity index is 1.82. The van der Waals surface area contributed by atoms with Crippen LogP contribution in [0.4, 0.5) is 0 Å². The van der Waals surface area contributed by atoms with Crippen LogP contribution in [-0.2, 0) is 10.0 Å². The minimum absolute atomic E-state index is 0.0561. The number of rotatable bonds is 4. The molecule has 3 unspecified atom stereocenters. The van der Waals surface area contributed by atoms with Crippen LogP contribution in [0.15, 0.2) is 29.2 Å². The van der Waals surface area contributed by atoms with Gasteiger partial charge in [0.1, 0.15) is 0 Å². The van der Waals surface area contributed by atoms with Gasteiger partial charge in [-0.3, -0.25) is 4.79 Å². The van der Waals surface area contributed by atoms with E-state index in [1.54, 1.807) is 27.4 Å². The van der Waals surface area contributed by atoms with Gasteiger partial charge in [-0.2, -0.15) is 4.31 Å². The van der Waals surface area contributed by atoms with Crippen LogP contribution in [0.2, 0.25) is 0 Å². The van der Waals surface area contributed by atoms with Gasteiger partial charge in [-0.15, -0.1) is 0 Å². The molecule has 1 aromatic carbocycles. The summed E-state index contributed by atoms with van der Waals surface area (Å²) in [5.41, 5.74) is 6.20. The summed E-state index contributed by atoms with van der Waals surface area (Å²) in [5.74, 6) is 0.559. The van der Waals surface area contributed by atoms with Gasteiger partial charge < -0.3 is 10.6 Å². The first-order chi connectivity index (χ1) is 12.6. The van der Waals surface area contributed by atoms with Crippen molar-refractivity contribution >= 4 is 15.9 Å². The predicted molar refractivity (Wildman–Crippen MR) is 106 cm³/mol. The van der Waals surface area contributed by atoms with Crippen molar-refractivity contribution in [1.29, 1.82) is 0 Å². The number of amides is 1. The van der Waals surface area contributed by atoms with Gasteiger partial charge in [0, 0.05) is 31.7 Å². The molecule has 2 fully saturated rings. The molecule has 0 aliphatic carbocycles. The van der Waals surface area contributed by atoms with Crippen molar-refractivity contribution < 1.29 is 13.2 Å². The summed E-state index contributed by atoms with van der Waals surface area (Å²) in [6, 6.07) is 6.47. The van der Waals surface area contributed by atoms with E-state index in [2.05, 4.69) is 20.8 Å². The molecule has 0 spiro atoms. The van der Waals surface area contributed by atoms with E-state index in [-0.39, 0.29) is 16.2 Å². The third-order valence-corrected chi connectivity index (χ3v) is 7.72. The van der Waals surface area contributed by atoms with Crippen LogP contribution in [0.25, 0.3) is 0 Å². The molecule has 2 N–H and O–H groups in total. The zero-order chi connectivity index (χ0) is 19.8. The van der Waals surface area contributed by atoms with Crippen LogP contribution in [0, 0.1) is 17.3 Å². The van der Waals surface area contributed by atoms with E-state index >= 15 is 0 Å². The first-order valence-corrected chi connectivity index (χ1v) is 11.2. The molecule has 2 heterocycles. The van der Waals surface area contributed by atoms with Crippen molar-refractivity contribution in [1.82, 2.24) is 9.21 Å². The van der Waals surface area contributed by atoms with E-state index in [1.807, 2.05) is 0 Å². The second-order valence-electron chi connectivity index (χ2n) is 8.79. The van der Waals surface area contributed by atoms with Crippen LogP contribution >= 0.6 is 0 Å². The van der Waals surface area contributed by atoms with Crippen molar-refractivity contribution in [3.8, 4) is 0 Å². The molecule has 0 bridgehead atoms. The lowest BCUT2D eigenvalue weighted by Crippen LogP contribution is -2.42. The highest BCUT2D eigenvalue weighted by molar-refractivity contribution is 7.89. The molecule has 1 amide bonds. The summed E-state index contributed by atoms with van der Waals surface area (Å²) >= 11 is 0. The van der Waals surface area contributed by atoms with E-state index < -0.39 is 10.0 Å². The Hall–Kier alpha value is -1.44. The van der Waals surface area contributed by atoms with Crippen molar-refractivity contribution in [3.05, 3.63) is 29.8 Å². The highest BCUT2D eigenvalue weighted by atomic mass is 32.2. The maximum Gasteiger partial charge on any atom is 0.253 e. The largest absolute Gasteiger partial charge is 0.338 e. The normalized spacial score (nSPS) is 29.9. The SMILES string of the molecule is CC1CC(C)CN(S(=O)(=O)c2cccc(C(=O)N3CCC(C)(CN)C3)c2)C1. The van der Waals surface area contributed by atoms with Crippen molar-refractivity contribution in [2.24, 2.45) is 23.0 Å². The summed E-state index contributed by atoms with van der Waals surface area (Å²) in [5, 5.41) is 0. The van der Waals surface area contributed by atoms with Crippen molar-refractivity contribution in [2.75, 3.05) is 32.7 Å². The van der Waals surface area contributed by atoms with Gasteiger partial charge in [-0.05, 0) is 54.8 Å². The molecule has 7 heteroatoms. The average Bonchev–Trinajstić information content (AvgIpc) is 3.03. The van der Waals surface area contributed by atoms with Gasteiger partial charge in [0.15, 0.2) is 0 Å². The number of carbonyl (C=O) groups is 1. The Morgan fingerprint density at radius 2 is 1.93 bits per heavy atom. The first-order valence-electron chi connectivity index (χ1n) is 9.74. The van der Waals surface area contributed by atoms with E-state index in [0.29, 0.717) is 50.1 Å². The van der Waals surface area contributed by atoms with Crippen molar-refractivity contribution in [2.45, 2.75) is 38.5 Å². The molecule has 3 rings (SSSR count). The Kier molecular flexibility index (Phi) is 5.66. The molecular weight excluding hydrogens is 362 g/mol. The van der Waals surface area contributed by atoms with Gasteiger partial charge in [0.25, 0.3) is 5.91 Å². The summed E-state index contributed by atoms with van der Waals surface area (Å²) in [6.45, 7) is 9.12. The number of sulfonamides is 1. The quantitative estimate of drug-likeness (QED) is 0.850. The van der Waals surface area contributed by atoms with Gasteiger partial charge in [0.05, 0.1) is 4.90 Å². The lowest BCUT2D eigenvalue weighted by Gasteiger charge is -2.34. The van der Waals surface area contributed by atoms with E-state index in [4.69, 9.17) is 5.73 Å². The molecule has 2 aliphatic rings. The minimum atomic E-state index is -3.59. The fraction of sp³-hybridized carbons (Fsp3) is 0.650. The predicted octanol–water partition coefficient (Wildman–Crippen LogP) is 2.16. The zero-order valence-electron chi connectivity index (χ0n) is 16.5. The summed E-state index contributed by atoms with van der Waals surface area (Å²) < 4.78 is 27.8. The maximum atomic E-state index is 13.1. The number of hydrogen-bond donors (Lipinski definition) is 1. The van der Waals surface area contributed by atoms with Crippen LogP contribution in [0.5, 0.6) is 0 Å². The van der Waals surface area contributed by atoms with Crippen LogP contribution in [0.1, 0.15) is 44.0 Å². The Morgan fingerprint density at radius 1 is 1.26 bits per heavy atom. The summed E-state index contributed by atoms with van der Waals surface area (Å²) in [6.07, 6.45) is 1.91. The highest BCUT2D eigenvalue weighted by Gasteiger charge is 2.36. The monoisotopic (exact) mass is 393 g/mol. The molecule has 6 nitrogen and oxygen atoms in total. The Bertz CT molecular complexity index is 800. The maximum absolute atomic E-state index is 13.1. The molecular formula is C20H31N3O3S. The van der Waals surface area contributed by atoms with Crippen LogP contribution in [-0.4, -0.2) is 56.3 Å². The third kappa shape index (κ3) is 4.20. The Morgan fingerprint density at radius 3 is 2.52 bits per heavy atom. The van der Waals surface area contributed by atoms with Gasteiger partial charge >= 0.3 is 0 Å². The summed E-state index contributed by atoms with van der Waals surface area (Å²) in [4.78, 5) is 14.9. The number of carbonyl (C=O) groups excluding carboxylic acids is 1. The molecule has 2 aliphatic heterocycles. The average molecular weight is 394 g/mol. The number of piperidine rings is 1. The Labute approximate surface area is 162 Å². The lowest BCUT2D eigenvalue weighted by molar-refractivity contribution is 0.0776. The van der Waals surface area contributed by atoms with Gasteiger partial charge in [-0.25, -0.2) is 8.42 Å².